The third-order valence-electron chi connectivity index (χ3n) is 2.87. The van der Waals surface area contributed by atoms with E-state index in [9.17, 15) is 14.4 Å². The molecule has 0 atom stereocenters. The molecular formula is C15H17NO6. The lowest BCUT2D eigenvalue weighted by molar-refractivity contribution is -0.148. The Kier molecular flexibility index (Phi) is 5.35. The van der Waals surface area contributed by atoms with E-state index in [1.54, 1.807) is 18.2 Å². The zero-order valence-electron chi connectivity index (χ0n) is 12.2. The van der Waals surface area contributed by atoms with Crippen LogP contribution in [0.5, 0.6) is 11.5 Å². The molecule has 0 aromatic heterocycles. The van der Waals surface area contributed by atoms with Gasteiger partial charge in [-0.15, -0.1) is 0 Å². The van der Waals surface area contributed by atoms with Crippen LogP contribution in [0.1, 0.15) is 19.8 Å². The van der Waals surface area contributed by atoms with E-state index in [-0.39, 0.29) is 18.6 Å². The van der Waals surface area contributed by atoms with Crippen molar-refractivity contribution >= 4 is 23.3 Å². The minimum atomic E-state index is -0.576. The van der Waals surface area contributed by atoms with Gasteiger partial charge in [-0.2, -0.15) is 0 Å². The summed E-state index contributed by atoms with van der Waals surface area (Å²) in [5.41, 5.74) is 0.522. The van der Waals surface area contributed by atoms with Gasteiger partial charge in [-0.05, 0) is 19.1 Å². The van der Waals surface area contributed by atoms with Crippen LogP contribution in [0.25, 0.3) is 0 Å². The predicted molar refractivity (Wildman–Crippen MR) is 76.9 cm³/mol. The first kappa shape index (κ1) is 15.8. The van der Waals surface area contributed by atoms with Gasteiger partial charge in [0.2, 0.25) is 0 Å². The first-order chi connectivity index (χ1) is 10.5. The number of anilines is 1. The number of rotatable bonds is 6. The van der Waals surface area contributed by atoms with Crippen molar-refractivity contribution in [3.63, 3.8) is 0 Å². The molecule has 0 saturated carbocycles. The molecule has 1 heterocycles. The third-order valence-corrected chi connectivity index (χ3v) is 2.87. The highest BCUT2D eigenvalue weighted by Crippen LogP contribution is 2.32. The van der Waals surface area contributed by atoms with E-state index < -0.39 is 18.5 Å². The van der Waals surface area contributed by atoms with Crippen LogP contribution >= 0.6 is 0 Å². The van der Waals surface area contributed by atoms with Crippen molar-refractivity contribution in [2.75, 3.05) is 25.1 Å². The molecule has 0 aliphatic carbocycles. The van der Waals surface area contributed by atoms with Gasteiger partial charge in [0.25, 0.3) is 5.91 Å². The van der Waals surface area contributed by atoms with Crippen LogP contribution in [0.15, 0.2) is 18.2 Å². The summed E-state index contributed by atoms with van der Waals surface area (Å²) in [6, 6.07) is 5.01. The maximum atomic E-state index is 11.7. The van der Waals surface area contributed by atoms with E-state index in [1.165, 1.54) is 6.92 Å². The molecule has 1 aromatic rings. The summed E-state index contributed by atoms with van der Waals surface area (Å²) in [5.74, 6) is 0.0421. The number of ketones is 1. The lowest BCUT2D eigenvalue weighted by Crippen LogP contribution is -2.21. The molecule has 0 bridgehead atoms. The Balaban J connectivity index is 1.79. The van der Waals surface area contributed by atoms with Crippen molar-refractivity contribution in [1.29, 1.82) is 0 Å². The molecular weight excluding hydrogens is 290 g/mol. The molecule has 0 saturated heterocycles. The normalized spacial score (nSPS) is 12.4. The summed E-state index contributed by atoms with van der Waals surface area (Å²) in [6.07, 6.45) is 0.0925. The molecule has 1 aromatic carbocycles. The molecule has 22 heavy (non-hydrogen) atoms. The molecule has 118 valence electrons. The Bertz CT molecular complexity index is 583. The number of hydrogen-bond acceptors (Lipinski definition) is 6. The minimum Gasteiger partial charge on any atom is -0.486 e. The molecule has 0 spiro atoms. The fourth-order valence-electron chi connectivity index (χ4n) is 1.81. The van der Waals surface area contributed by atoms with E-state index in [0.29, 0.717) is 30.4 Å². The third kappa shape index (κ3) is 4.76. The van der Waals surface area contributed by atoms with Gasteiger partial charge >= 0.3 is 5.97 Å². The zero-order valence-corrected chi connectivity index (χ0v) is 12.2. The van der Waals surface area contributed by atoms with Crippen LogP contribution in [0.2, 0.25) is 0 Å². The minimum absolute atomic E-state index is 0.0212. The van der Waals surface area contributed by atoms with Crippen LogP contribution in [0.4, 0.5) is 5.69 Å². The number of esters is 1. The summed E-state index contributed by atoms with van der Waals surface area (Å²) in [6.45, 7) is 1.94. The highest BCUT2D eigenvalue weighted by Gasteiger charge is 2.13. The number of carbonyl (C=O) groups excluding carboxylic acids is 3. The van der Waals surface area contributed by atoms with E-state index in [4.69, 9.17) is 14.2 Å². The van der Waals surface area contributed by atoms with Gasteiger partial charge in [-0.1, -0.05) is 0 Å². The van der Waals surface area contributed by atoms with Crippen molar-refractivity contribution in [2.45, 2.75) is 19.8 Å². The summed E-state index contributed by atoms with van der Waals surface area (Å²) >= 11 is 0. The fourth-order valence-corrected chi connectivity index (χ4v) is 1.81. The van der Waals surface area contributed by atoms with Gasteiger partial charge in [-0.3, -0.25) is 9.59 Å². The van der Waals surface area contributed by atoms with Gasteiger partial charge in [0, 0.05) is 18.2 Å². The van der Waals surface area contributed by atoms with E-state index in [0.717, 1.165) is 0 Å². The Hall–Kier alpha value is -2.57. The zero-order chi connectivity index (χ0) is 15.9. The Morgan fingerprint density at radius 1 is 1.14 bits per heavy atom. The SMILES string of the molecule is CC(=O)CCC(=O)OCC(=O)Nc1ccc2c(c1)OCCO2. The van der Waals surface area contributed by atoms with E-state index >= 15 is 0 Å². The number of fused-ring (bicyclic) bond motifs is 1. The molecule has 1 aliphatic heterocycles. The van der Waals surface area contributed by atoms with Crippen molar-refractivity contribution in [1.82, 2.24) is 0 Å². The number of ether oxygens (including phenoxy) is 3. The lowest BCUT2D eigenvalue weighted by Gasteiger charge is -2.19. The van der Waals surface area contributed by atoms with Gasteiger partial charge in [0.15, 0.2) is 18.1 Å². The molecule has 0 fully saturated rings. The number of amides is 1. The number of benzene rings is 1. The van der Waals surface area contributed by atoms with Gasteiger partial charge in [0.05, 0.1) is 6.42 Å². The molecule has 0 unspecified atom stereocenters. The predicted octanol–water partition coefficient (Wildman–Crippen LogP) is 1.31. The van der Waals surface area contributed by atoms with E-state index in [2.05, 4.69) is 5.32 Å². The molecule has 1 aliphatic rings. The van der Waals surface area contributed by atoms with Crippen molar-refractivity contribution in [3.8, 4) is 11.5 Å². The van der Waals surface area contributed by atoms with Gasteiger partial charge < -0.3 is 24.3 Å². The standard InChI is InChI=1S/C15H17NO6/c1-10(17)2-5-15(19)22-9-14(18)16-11-3-4-12-13(8-11)21-7-6-20-12/h3-4,8H,2,5-7,9H2,1H3,(H,16,18). The summed E-state index contributed by atoms with van der Waals surface area (Å²) in [5, 5.41) is 2.59. The van der Waals surface area contributed by atoms with Gasteiger partial charge in [-0.25, -0.2) is 0 Å². The van der Waals surface area contributed by atoms with Crippen molar-refractivity contribution in [2.24, 2.45) is 0 Å². The Morgan fingerprint density at radius 2 is 1.86 bits per heavy atom. The average molecular weight is 307 g/mol. The van der Waals surface area contributed by atoms with Crippen molar-refractivity contribution < 1.29 is 28.6 Å². The molecule has 7 heteroatoms. The highest BCUT2D eigenvalue weighted by molar-refractivity contribution is 5.93. The van der Waals surface area contributed by atoms with Crippen LogP contribution < -0.4 is 14.8 Å². The van der Waals surface area contributed by atoms with Crippen LogP contribution in [0, 0.1) is 0 Å². The molecule has 1 N–H and O–H groups in total. The largest absolute Gasteiger partial charge is 0.486 e. The van der Waals surface area contributed by atoms with Crippen LogP contribution in [-0.4, -0.2) is 37.5 Å². The number of carbonyl (C=O) groups is 3. The first-order valence-electron chi connectivity index (χ1n) is 6.89. The smallest absolute Gasteiger partial charge is 0.306 e. The lowest BCUT2D eigenvalue weighted by atomic mass is 10.2. The molecule has 0 radical (unpaired) electrons. The maximum absolute atomic E-state index is 11.7. The number of hydrogen-bond donors (Lipinski definition) is 1. The molecule has 2 rings (SSSR count). The quantitative estimate of drug-likeness (QED) is 0.797. The topological polar surface area (TPSA) is 90.9 Å². The number of Topliss-reactive ketones (excluding diaryl/α,β-unsaturated/α-hetero) is 1. The summed E-state index contributed by atoms with van der Waals surface area (Å²) < 4.78 is 15.6. The summed E-state index contributed by atoms with van der Waals surface area (Å²) in [7, 11) is 0. The monoisotopic (exact) mass is 307 g/mol. The molecule has 1 amide bonds. The Labute approximate surface area is 127 Å². The fraction of sp³-hybridized carbons (Fsp3) is 0.400. The average Bonchev–Trinajstić information content (AvgIpc) is 2.50. The van der Waals surface area contributed by atoms with Crippen molar-refractivity contribution in [3.05, 3.63) is 18.2 Å². The van der Waals surface area contributed by atoms with Crippen LogP contribution in [0.3, 0.4) is 0 Å². The maximum Gasteiger partial charge on any atom is 0.306 e. The first-order valence-corrected chi connectivity index (χ1v) is 6.89. The van der Waals surface area contributed by atoms with Gasteiger partial charge in [0.1, 0.15) is 19.0 Å². The Morgan fingerprint density at radius 3 is 2.59 bits per heavy atom. The number of nitrogens with one attached hydrogen (secondary N) is 1. The second-order valence-electron chi connectivity index (χ2n) is 4.77. The summed E-state index contributed by atoms with van der Waals surface area (Å²) in [4.78, 5) is 33.7. The second kappa shape index (κ2) is 7.44. The van der Waals surface area contributed by atoms with E-state index in [1.807, 2.05) is 0 Å². The highest BCUT2D eigenvalue weighted by atomic mass is 16.6. The molecule has 7 nitrogen and oxygen atoms in total. The second-order valence-corrected chi connectivity index (χ2v) is 4.77. The van der Waals surface area contributed by atoms with Crippen LogP contribution in [-0.2, 0) is 19.1 Å².